The van der Waals surface area contributed by atoms with E-state index in [0.29, 0.717) is 17.7 Å². The molecule has 2 aromatic carbocycles. The highest BCUT2D eigenvalue weighted by molar-refractivity contribution is 7.91. The lowest BCUT2D eigenvalue weighted by molar-refractivity contribution is -0.390. The molecule has 0 saturated carbocycles. The third-order valence-corrected chi connectivity index (χ3v) is 6.76. The van der Waals surface area contributed by atoms with Crippen LogP contribution in [-0.4, -0.2) is 52.8 Å². The SMILES string of the molecule is CCS(=O)(=O)c1ccc(CC(=O)Nc2ccc(C(OCCOC)(C(F)(F)F)C(F)(F)F)cc2)cc1. The Morgan fingerprint density at radius 2 is 1.43 bits per heavy atom. The number of hydrogen-bond acceptors (Lipinski definition) is 5. The molecule has 0 spiro atoms. The van der Waals surface area contributed by atoms with Crippen LogP contribution in [0.3, 0.4) is 0 Å². The van der Waals surface area contributed by atoms with Gasteiger partial charge in [-0.2, -0.15) is 26.3 Å². The van der Waals surface area contributed by atoms with E-state index in [1.54, 1.807) is 0 Å². The summed E-state index contributed by atoms with van der Waals surface area (Å²) in [7, 11) is -2.31. The fraction of sp³-hybridized carbons (Fsp3) is 0.409. The second kappa shape index (κ2) is 11.0. The Hall–Kier alpha value is -2.64. The number of anilines is 1. The third-order valence-electron chi connectivity index (χ3n) is 5.01. The summed E-state index contributed by atoms with van der Waals surface area (Å²) in [5.74, 6) is -0.706. The molecular weight excluding hydrogens is 504 g/mol. The van der Waals surface area contributed by atoms with Gasteiger partial charge in [-0.15, -0.1) is 0 Å². The van der Waals surface area contributed by atoms with Gasteiger partial charge in [0.05, 0.1) is 30.3 Å². The van der Waals surface area contributed by atoms with E-state index in [1.165, 1.54) is 31.2 Å². The van der Waals surface area contributed by atoms with Gasteiger partial charge in [-0.25, -0.2) is 8.42 Å². The van der Waals surface area contributed by atoms with Crippen molar-refractivity contribution in [2.75, 3.05) is 31.4 Å². The zero-order valence-corrected chi connectivity index (χ0v) is 19.5. The van der Waals surface area contributed by atoms with Crippen LogP contribution in [0.2, 0.25) is 0 Å². The molecule has 2 aromatic rings. The topological polar surface area (TPSA) is 81.7 Å². The fourth-order valence-electron chi connectivity index (χ4n) is 3.17. The van der Waals surface area contributed by atoms with Gasteiger partial charge in [0.25, 0.3) is 5.60 Å². The number of halogens is 6. The zero-order valence-electron chi connectivity index (χ0n) is 18.7. The average molecular weight is 527 g/mol. The lowest BCUT2D eigenvalue weighted by Gasteiger charge is -2.37. The fourth-order valence-corrected chi connectivity index (χ4v) is 4.06. The van der Waals surface area contributed by atoms with Crippen LogP contribution in [0.15, 0.2) is 53.4 Å². The van der Waals surface area contributed by atoms with Crippen LogP contribution >= 0.6 is 0 Å². The molecule has 194 valence electrons. The van der Waals surface area contributed by atoms with Gasteiger partial charge in [-0.05, 0) is 29.8 Å². The first kappa shape index (κ1) is 28.6. The van der Waals surface area contributed by atoms with Crippen LogP contribution in [0.4, 0.5) is 32.0 Å². The van der Waals surface area contributed by atoms with E-state index in [4.69, 9.17) is 0 Å². The normalized spacial score (nSPS) is 13.0. The number of rotatable bonds is 10. The molecule has 2 rings (SSSR count). The summed E-state index contributed by atoms with van der Waals surface area (Å²) in [6.07, 6.45) is -11.9. The van der Waals surface area contributed by atoms with Crippen LogP contribution in [0.25, 0.3) is 0 Å². The lowest BCUT2D eigenvalue weighted by atomic mass is 9.91. The monoisotopic (exact) mass is 527 g/mol. The van der Waals surface area contributed by atoms with Crippen LogP contribution in [-0.2, 0) is 36.1 Å². The molecule has 0 aromatic heterocycles. The molecule has 1 amide bonds. The standard InChI is InChI=1S/C22H23F6NO5S/c1-3-35(31,32)18-10-4-15(5-11-18)14-19(30)29-17-8-6-16(7-9-17)20(21(23,24)25,22(26,27)28)34-13-12-33-2/h4-11H,3,12-14H2,1-2H3,(H,29,30). The molecular formula is C22H23F6NO5S. The summed E-state index contributed by atoms with van der Waals surface area (Å²) >= 11 is 0. The maximum atomic E-state index is 13.7. The molecule has 0 unspecified atom stereocenters. The van der Waals surface area contributed by atoms with Crippen LogP contribution in [0.1, 0.15) is 18.1 Å². The second-order valence-corrected chi connectivity index (χ2v) is 9.65. The van der Waals surface area contributed by atoms with Crippen molar-refractivity contribution in [2.45, 2.75) is 36.2 Å². The number of carbonyl (C=O) groups excluding carboxylic acids is 1. The molecule has 35 heavy (non-hydrogen) atoms. The number of alkyl halides is 6. The average Bonchev–Trinajstić information content (AvgIpc) is 2.76. The van der Waals surface area contributed by atoms with Gasteiger partial charge < -0.3 is 14.8 Å². The molecule has 0 fully saturated rings. The van der Waals surface area contributed by atoms with Gasteiger partial charge in [0.15, 0.2) is 9.84 Å². The summed E-state index contributed by atoms with van der Waals surface area (Å²) in [5.41, 5.74) is -5.38. The smallest absolute Gasteiger partial charge is 0.382 e. The Bertz CT molecular complexity index is 1080. The number of nitrogens with one attached hydrogen (secondary N) is 1. The van der Waals surface area contributed by atoms with E-state index in [-0.39, 0.29) is 22.8 Å². The minimum atomic E-state index is -5.83. The van der Waals surface area contributed by atoms with Gasteiger partial charge in [0, 0.05) is 18.4 Å². The number of amides is 1. The number of ether oxygens (including phenoxy) is 2. The van der Waals surface area contributed by atoms with E-state index in [0.717, 1.165) is 19.2 Å². The van der Waals surface area contributed by atoms with E-state index >= 15 is 0 Å². The highest BCUT2D eigenvalue weighted by atomic mass is 32.2. The van der Waals surface area contributed by atoms with Crippen molar-refractivity contribution >= 4 is 21.4 Å². The van der Waals surface area contributed by atoms with Crippen molar-refractivity contribution < 1.29 is 49.0 Å². The zero-order chi connectivity index (χ0) is 26.5. The summed E-state index contributed by atoms with van der Waals surface area (Å²) < 4.78 is 115. The Morgan fingerprint density at radius 3 is 1.89 bits per heavy atom. The maximum absolute atomic E-state index is 13.7. The second-order valence-electron chi connectivity index (χ2n) is 7.37. The first-order valence-electron chi connectivity index (χ1n) is 10.2. The molecule has 13 heteroatoms. The lowest BCUT2D eigenvalue weighted by Crippen LogP contribution is -2.56. The summed E-state index contributed by atoms with van der Waals surface area (Å²) in [5, 5.41) is 2.37. The summed E-state index contributed by atoms with van der Waals surface area (Å²) in [6.45, 7) is 0.0287. The van der Waals surface area contributed by atoms with E-state index in [1.807, 2.05) is 0 Å². The Labute approximate surface area is 198 Å². The number of methoxy groups -OCH3 is 1. The van der Waals surface area contributed by atoms with Crippen molar-refractivity contribution in [1.82, 2.24) is 0 Å². The molecule has 6 nitrogen and oxygen atoms in total. The molecule has 0 saturated heterocycles. The van der Waals surface area contributed by atoms with Crippen molar-refractivity contribution in [1.29, 1.82) is 0 Å². The minimum absolute atomic E-state index is 0.0425. The predicted molar refractivity (Wildman–Crippen MR) is 115 cm³/mol. The van der Waals surface area contributed by atoms with Gasteiger partial charge in [-0.3, -0.25) is 4.79 Å². The van der Waals surface area contributed by atoms with E-state index < -0.39 is 52.5 Å². The van der Waals surface area contributed by atoms with Gasteiger partial charge in [0.1, 0.15) is 0 Å². The molecule has 0 aliphatic heterocycles. The van der Waals surface area contributed by atoms with Gasteiger partial charge in [0.2, 0.25) is 5.91 Å². The molecule has 1 N–H and O–H groups in total. The number of benzene rings is 2. The molecule has 0 aliphatic rings. The largest absolute Gasteiger partial charge is 0.430 e. The molecule has 0 aliphatic carbocycles. The molecule has 0 bridgehead atoms. The Balaban J connectivity index is 2.22. The summed E-state index contributed by atoms with van der Waals surface area (Å²) in [6, 6.07) is 8.50. The Kier molecular flexibility index (Phi) is 8.95. The minimum Gasteiger partial charge on any atom is -0.382 e. The molecule has 0 heterocycles. The number of hydrogen-bond donors (Lipinski definition) is 1. The van der Waals surface area contributed by atoms with Crippen molar-refractivity contribution in [3.8, 4) is 0 Å². The van der Waals surface area contributed by atoms with E-state index in [9.17, 15) is 39.6 Å². The van der Waals surface area contributed by atoms with Gasteiger partial charge in [-0.1, -0.05) is 31.2 Å². The van der Waals surface area contributed by atoms with E-state index in [2.05, 4.69) is 14.8 Å². The molecule has 0 radical (unpaired) electrons. The number of carbonyl (C=O) groups is 1. The summed E-state index contributed by atoms with van der Waals surface area (Å²) in [4.78, 5) is 12.4. The van der Waals surface area contributed by atoms with Crippen molar-refractivity contribution in [3.05, 3.63) is 59.7 Å². The number of sulfone groups is 1. The first-order valence-corrected chi connectivity index (χ1v) is 11.8. The molecule has 0 atom stereocenters. The Morgan fingerprint density at radius 1 is 0.886 bits per heavy atom. The van der Waals surface area contributed by atoms with Crippen LogP contribution in [0.5, 0.6) is 0 Å². The predicted octanol–water partition coefficient (Wildman–Crippen LogP) is 4.64. The highest BCUT2D eigenvalue weighted by Gasteiger charge is 2.73. The van der Waals surface area contributed by atoms with Crippen LogP contribution < -0.4 is 5.32 Å². The van der Waals surface area contributed by atoms with Crippen molar-refractivity contribution in [2.24, 2.45) is 0 Å². The quantitative estimate of drug-likeness (QED) is 0.360. The maximum Gasteiger partial charge on any atom is 0.430 e. The van der Waals surface area contributed by atoms with Crippen LogP contribution in [0, 0.1) is 0 Å². The van der Waals surface area contributed by atoms with Crippen molar-refractivity contribution in [3.63, 3.8) is 0 Å². The first-order chi connectivity index (χ1) is 16.2. The highest BCUT2D eigenvalue weighted by Crippen LogP contribution is 2.53. The third kappa shape index (κ3) is 6.53. The van der Waals surface area contributed by atoms with Gasteiger partial charge >= 0.3 is 12.4 Å².